The molecular formula is C15H16N2O2S. The minimum atomic E-state index is -0.111. The third-order valence-corrected chi connectivity index (χ3v) is 3.52. The molecule has 20 heavy (non-hydrogen) atoms. The summed E-state index contributed by atoms with van der Waals surface area (Å²) in [6.07, 6.45) is 5.43. The van der Waals surface area contributed by atoms with Crippen molar-refractivity contribution in [2.24, 2.45) is 0 Å². The second kappa shape index (κ2) is 6.86. The highest BCUT2D eigenvalue weighted by Gasteiger charge is 2.06. The van der Waals surface area contributed by atoms with Crippen molar-refractivity contribution >= 4 is 29.4 Å². The fourth-order valence-electron chi connectivity index (χ4n) is 1.64. The molecule has 1 aromatic heterocycles. The lowest BCUT2D eigenvalue weighted by Gasteiger charge is -2.02. The van der Waals surface area contributed by atoms with Gasteiger partial charge in [-0.1, -0.05) is 18.2 Å². The molecule has 2 aromatic rings. The van der Waals surface area contributed by atoms with Gasteiger partial charge in [0.1, 0.15) is 15.6 Å². The van der Waals surface area contributed by atoms with Crippen LogP contribution in [0.5, 0.6) is 5.75 Å². The number of thiazole rings is 1. The van der Waals surface area contributed by atoms with Crippen LogP contribution in [-0.2, 0) is 0 Å². The van der Waals surface area contributed by atoms with Crippen molar-refractivity contribution in [1.82, 2.24) is 10.3 Å². The molecule has 1 heterocycles. The van der Waals surface area contributed by atoms with E-state index in [1.807, 2.05) is 43.3 Å². The molecule has 5 heteroatoms. The average molecular weight is 288 g/mol. The third-order valence-electron chi connectivity index (χ3n) is 2.56. The van der Waals surface area contributed by atoms with Crippen LogP contribution in [0.25, 0.3) is 12.2 Å². The molecule has 0 spiro atoms. The monoisotopic (exact) mass is 288 g/mol. The van der Waals surface area contributed by atoms with Crippen molar-refractivity contribution in [3.63, 3.8) is 0 Å². The summed E-state index contributed by atoms with van der Waals surface area (Å²) in [4.78, 5) is 16.2. The standard InChI is InChI=1S/C15H16N2O2S/c1-3-19-12-6-4-5-11(9-12)7-8-14-17-10-13(20-14)15(18)16-2/h4-10H,3H2,1-2H3,(H,16,18)/b8-7-. The van der Waals surface area contributed by atoms with Crippen molar-refractivity contribution < 1.29 is 9.53 Å². The molecule has 0 aliphatic rings. The lowest BCUT2D eigenvalue weighted by molar-refractivity contribution is 0.0967. The number of amides is 1. The van der Waals surface area contributed by atoms with Gasteiger partial charge < -0.3 is 10.1 Å². The van der Waals surface area contributed by atoms with Gasteiger partial charge in [-0.15, -0.1) is 11.3 Å². The second-order valence-corrected chi connectivity index (χ2v) is 5.04. The molecule has 0 unspecified atom stereocenters. The smallest absolute Gasteiger partial charge is 0.262 e. The van der Waals surface area contributed by atoms with E-state index < -0.39 is 0 Å². The summed E-state index contributed by atoms with van der Waals surface area (Å²) in [6.45, 7) is 2.60. The number of carbonyl (C=O) groups excluding carboxylic acids is 1. The first-order valence-corrected chi connectivity index (χ1v) is 7.13. The van der Waals surface area contributed by atoms with Gasteiger partial charge in [0.25, 0.3) is 5.91 Å². The van der Waals surface area contributed by atoms with E-state index in [4.69, 9.17) is 4.74 Å². The number of benzene rings is 1. The highest BCUT2D eigenvalue weighted by atomic mass is 32.1. The number of nitrogens with one attached hydrogen (secondary N) is 1. The number of rotatable bonds is 5. The Kier molecular flexibility index (Phi) is 4.90. The van der Waals surface area contributed by atoms with Crippen molar-refractivity contribution in [1.29, 1.82) is 0 Å². The van der Waals surface area contributed by atoms with Crippen molar-refractivity contribution in [2.75, 3.05) is 13.7 Å². The fourth-order valence-corrected chi connectivity index (χ4v) is 2.40. The number of hydrogen-bond acceptors (Lipinski definition) is 4. The maximum atomic E-state index is 11.4. The number of carbonyl (C=O) groups is 1. The van der Waals surface area contributed by atoms with E-state index in [-0.39, 0.29) is 5.91 Å². The van der Waals surface area contributed by atoms with Crippen LogP contribution in [0.2, 0.25) is 0 Å². The molecule has 0 aliphatic heterocycles. The maximum Gasteiger partial charge on any atom is 0.262 e. The van der Waals surface area contributed by atoms with Gasteiger partial charge >= 0.3 is 0 Å². The minimum absolute atomic E-state index is 0.111. The number of aromatic nitrogens is 1. The lowest BCUT2D eigenvalue weighted by atomic mass is 10.2. The van der Waals surface area contributed by atoms with E-state index in [0.29, 0.717) is 11.5 Å². The van der Waals surface area contributed by atoms with Crippen LogP contribution < -0.4 is 10.1 Å². The zero-order valence-corrected chi connectivity index (χ0v) is 12.2. The summed E-state index contributed by atoms with van der Waals surface area (Å²) in [5, 5.41) is 3.38. The zero-order valence-electron chi connectivity index (χ0n) is 11.4. The largest absolute Gasteiger partial charge is 0.494 e. The lowest BCUT2D eigenvalue weighted by Crippen LogP contribution is -2.16. The van der Waals surface area contributed by atoms with E-state index in [2.05, 4.69) is 10.3 Å². The highest BCUT2D eigenvalue weighted by molar-refractivity contribution is 7.14. The molecule has 0 fully saturated rings. The van der Waals surface area contributed by atoms with Crippen LogP contribution in [0.1, 0.15) is 27.2 Å². The van der Waals surface area contributed by atoms with Gasteiger partial charge in [-0.25, -0.2) is 4.98 Å². The summed E-state index contributed by atoms with van der Waals surface area (Å²) >= 11 is 1.36. The van der Waals surface area contributed by atoms with Gasteiger partial charge in [0, 0.05) is 7.05 Å². The molecule has 104 valence electrons. The average Bonchev–Trinajstić information content (AvgIpc) is 2.94. The van der Waals surface area contributed by atoms with Crippen LogP contribution >= 0.6 is 11.3 Å². The Morgan fingerprint density at radius 2 is 2.30 bits per heavy atom. The van der Waals surface area contributed by atoms with E-state index in [0.717, 1.165) is 16.3 Å². The van der Waals surface area contributed by atoms with Gasteiger partial charge in [-0.05, 0) is 30.7 Å². The Morgan fingerprint density at radius 1 is 1.45 bits per heavy atom. The Bertz CT molecular complexity index is 620. The predicted octanol–water partition coefficient (Wildman–Crippen LogP) is 3.07. The third kappa shape index (κ3) is 3.68. The van der Waals surface area contributed by atoms with Crippen LogP contribution in [0, 0.1) is 0 Å². The first-order valence-electron chi connectivity index (χ1n) is 6.31. The zero-order chi connectivity index (χ0) is 14.4. The predicted molar refractivity (Wildman–Crippen MR) is 82.0 cm³/mol. The van der Waals surface area contributed by atoms with Crippen LogP contribution in [-0.4, -0.2) is 24.5 Å². The Hall–Kier alpha value is -2.14. The van der Waals surface area contributed by atoms with Gasteiger partial charge in [0.15, 0.2) is 0 Å². The first-order chi connectivity index (χ1) is 9.72. The number of ether oxygens (including phenoxy) is 1. The second-order valence-electron chi connectivity index (χ2n) is 3.98. The van der Waals surface area contributed by atoms with Gasteiger partial charge in [0.05, 0.1) is 12.8 Å². The Balaban J connectivity index is 2.10. The summed E-state index contributed by atoms with van der Waals surface area (Å²) in [5.41, 5.74) is 1.03. The molecule has 2 rings (SSSR count). The topological polar surface area (TPSA) is 51.2 Å². The molecular weight excluding hydrogens is 272 g/mol. The number of hydrogen-bond donors (Lipinski definition) is 1. The summed E-state index contributed by atoms with van der Waals surface area (Å²) in [5.74, 6) is 0.736. The summed E-state index contributed by atoms with van der Waals surface area (Å²) in [6, 6.07) is 7.83. The molecule has 0 aliphatic carbocycles. The highest BCUT2D eigenvalue weighted by Crippen LogP contribution is 2.18. The molecule has 0 atom stereocenters. The first kappa shape index (κ1) is 14.3. The van der Waals surface area contributed by atoms with Crippen LogP contribution in [0.15, 0.2) is 30.5 Å². The fraction of sp³-hybridized carbons (Fsp3) is 0.200. The number of nitrogens with zero attached hydrogens (tertiary/aromatic N) is 1. The molecule has 0 saturated carbocycles. The summed E-state index contributed by atoms with van der Waals surface area (Å²) < 4.78 is 5.45. The van der Waals surface area contributed by atoms with E-state index in [1.54, 1.807) is 13.2 Å². The van der Waals surface area contributed by atoms with Crippen LogP contribution in [0.3, 0.4) is 0 Å². The van der Waals surface area contributed by atoms with Crippen LogP contribution in [0.4, 0.5) is 0 Å². The van der Waals surface area contributed by atoms with Gasteiger partial charge in [0.2, 0.25) is 0 Å². The molecule has 0 saturated heterocycles. The SMILES string of the molecule is CCOc1cccc(/C=C\c2ncc(C(=O)NC)s2)c1. The van der Waals surface area contributed by atoms with Crippen molar-refractivity contribution in [3.05, 3.63) is 45.9 Å². The molecule has 1 aromatic carbocycles. The van der Waals surface area contributed by atoms with E-state index >= 15 is 0 Å². The van der Waals surface area contributed by atoms with Gasteiger partial charge in [-0.3, -0.25) is 4.79 Å². The Morgan fingerprint density at radius 3 is 3.05 bits per heavy atom. The van der Waals surface area contributed by atoms with E-state index in [1.165, 1.54) is 11.3 Å². The van der Waals surface area contributed by atoms with Crippen molar-refractivity contribution in [2.45, 2.75) is 6.92 Å². The van der Waals surface area contributed by atoms with Crippen molar-refractivity contribution in [3.8, 4) is 5.75 Å². The van der Waals surface area contributed by atoms with Gasteiger partial charge in [-0.2, -0.15) is 0 Å². The molecule has 0 bridgehead atoms. The molecule has 1 amide bonds. The molecule has 4 nitrogen and oxygen atoms in total. The summed E-state index contributed by atoms with van der Waals surface area (Å²) in [7, 11) is 1.61. The molecule has 0 radical (unpaired) electrons. The minimum Gasteiger partial charge on any atom is -0.494 e. The van der Waals surface area contributed by atoms with E-state index in [9.17, 15) is 4.79 Å². The molecule has 1 N–H and O–H groups in total. The Labute approximate surface area is 122 Å². The normalized spacial score (nSPS) is 10.7. The maximum absolute atomic E-state index is 11.4. The quantitative estimate of drug-likeness (QED) is 0.920.